The Labute approximate surface area is 225 Å². The fourth-order valence-corrected chi connectivity index (χ4v) is 7.06. The van der Waals surface area contributed by atoms with Crippen molar-refractivity contribution in [3.8, 4) is 0 Å². The Morgan fingerprint density at radius 1 is 1.27 bits per heavy atom. The lowest BCUT2D eigenvalue weighted by Gasteiger charge is -2.29. The average molecular weight is 540 g/mol. The first-order chi connectivity index (χ1) is 17.6. The van der Waals surface area contributed by atoms with E-state index in [9.17, 15) is 14.4 Å². The van der Waals surface area contributed by atoms with Crippen molar-refractivity contribution in [3.63, 3.8) is 0 Å². The summed E-state index contributed by atoms with van der Waals surface area (Å²) < 4.78 is 0. The van der Waals surface area contributed by atoms with Gasteiger partial charge in [0.2, 0.25) is 11.8 Å². The fraction of sp³-hybridized carbons (Fsp3) is 0.444. The van der Waals surface area contributed by atoms with Crippen molar-refractivity contribution in [2.24, 2.45) is 22.2 Å². The number of carbonyl (C=O) groups is 3. The zero-order valence-corrected chi connectivity index (χ0v) is 23.0. The van der Waals surface area contributed by atoms with E-state index in [1.54, 1.807) is 6.07 Å². The van der Waals surface area contributed by atoms with Crippen LogP contribution in [0.4, 0.5) is 5.69 Å². The number of aryl methyl sites for hydroxylation is 1. The van der Waals surface area contributed by atoms with E-state index >= 15 is 0 Å². The molecule has 2 aromatic heterocycles. The number of aromatic nitrogens is 1. The number of hydrogen-bond donors (Lipinski definition) is 1. The van der Waals surface area contributed by atoms with Crippen LogP contribution in [0, 0.1) is 24.2 Å². The van der Waals surface area contributed by atoms with E-state index < -0.39 is 0 Å². The zero-order valence-electron chi connectivity index (χ0n) is 21.4. The Balaban J connectivity index is 1.50. The minimum absolute atomic E-state index is 0.0856. The van der Waals surface area contributed by atoms with Crippen molar-refractivity contribution in [2.75, 3.05) is 26.2 Å². The van der Waals surface area contributed by atoms with Gasteiger partial charge in [-0.1, -0.05) is 31.5 Å². The minimum Gasteiger partial charge on any atom is -0.336 e. The molecule has 37 heavy (non-hydrogen) atoms. The highest BCUT2D eigenvalue weighted by molar-refractivity contribution is 7.13. The topological polar surface area (TPSA) is 95.0 Å². The maximum absolute atomic E-state index is 13.6. The highest BCUT2D eigenvalue weighted by atomic mass is 35.5. The molecule has 3 amide bonds. The SMILES string of the molecule is C=Nc1cc(CN2C(=O)C3C(C2=O)C3(C)C)sc1/C(=C\C)c1nc(Cl)cc(C)c1C(=O)N1CCNCC1. The van der Waals surface area contributed by atoms with E-state index in [1.165, 1.54) is 16.2 Å². The first kappa shape index (κ1) is 25.8. The van der Waals surface area contributed by atoms with Crippen LogP contribution in [0.15, 0.2) is 23.2 Å². The van der Waals surface area contributed by atoms with E-state index in [-0.39, 0.29) is 41.5 Å². The van der Waals surface area contributed by atoms with E-state index in [4.69, 9.17) is 11.6 Å². The summed E-state index contributed by atoms with van der Waals surface area (Å²) in [4.78, 5) is 53.0. The number of aliphatic imine (C=N–C) groups is 1. The van der Waals surface area contributed by atoms with Gasteiger partial charge >= 0.3 is 0 Å². The van der Waals surface area contributed by atoms with Crippen LogP contribution < -0.4 is 5.32 Å². The van der Waals surface area contributed by atoms with Gasteiger partial charge in [-0.15, -0.1) is 11.3 Å². The van der Waals surface area contributed by atoms with E-state index in [0.29, 0.717) is 40.8 Å². The summed E-state index contributed by atoms with van der Waals surface area (Å²) >= 11 is 7.80. The lowest BCUT2D eigenvalue weighted by atomic mass is 9.98. The summed E-state index contributed by atoms with van der Waals surface area (Å²) in [6.07, 6.45) is 1.89. The Hall–Kier alpha value is -2.88. The highest BCUT2D eigenvalue weighted by Crippen LogP contribution is 2.63. The van der Waals surface area contributed by atoms with Crippen LogP contribution in [0.5, 0.6) is 0 Å². The molecule has 1 N–H and O–H groups in total. The number of carbonyl (C=O) groups excluding carboxylic acids is 3. The molecular formula is C27H30ClN5O3S. The maximum atomic E-state index is 13.6. The third-order valence-electron chi connectivity index (χ3n) is 7.73. The largest absolute Gasteiger partial charge is 0.336 e. The number of nitrogens with one attached hydrogen (secondary N) is 1. The third-order valence-corrected chi connectivity index (χ3v) is 9.07. The molecule has 2 atom stereocenters. The predicted octanol–water partition coefficient (Wildman–Crippen LogP) is 4.08. The van der Waals surface area contributed by atoms with Gasteiger partial charge in [-0.25, -0.2) is 4.98 Å². The first-order valence-electron chi connectivity index (χ1n) is 12.4. The zero-order chi connectivity index (χ0) is 26.6. The Morgan fingerprint density at radius 2 is 1.92 bits per heavy atom. The predicted molar refractivity (Wildman–Crippen MR) is 145 cm³/mol. The highest BCUT2D eigenvalue weighted by Gasteiger charge is 2.72. The van der Waals surface area contributed by atoms with Crippen molar-refractivity contribution in [3.05, 3.63) is 49.9 Å². The molecule has 8 nitrogen and oxygen atoms in total. The van der Waals surface area contributed by atoms with Crippen molar-refractivity contribution < 1.29 is 14.4 Å². The second kappa shape index (κ2) is 9.45. The van der Waals surface area contributed by atoms with Crippen molar-refractivity contribution in [2.45, 2.75) is 34.2 Å². The molecule has 1 saturated carbocycles. The van der Waals surface area contributed by atoms with Crippen LogP contribution in [-0.2, 0) is 16.1 Å². The van der Waals surface area contributed by atoms with Crippen molar-refractivity contribution >= 4 is 58.6 Å². The summed E-state index contributed by atoms with van der Waals surface area (Å²) in [5.41, 5.74) is 2.82. The number of fused-ring (bicyclic) bond motifs is 1. The number of halogens is 1. The summed E-state index contributed by atoms with van der Waals surface area (Å²) in [6, 6.07) is 3.55. The molecule has 2 unspecified atom stereocenters. The smallest absolute Gasteiger partial charge is 0.256 e. The van der Waals surface area contributed by atoms with Crippen LogP contribution in [0.2, 0.25) is 5.15 Å². The van der Waals surface area contributed by atoms with Crippen LogP contribution in [0.3, 0.4) is 0 Å². The van der Waals surface area contributed by atoms with Crippen LogP contribution in [-0.4, -0.2) is 65.4 Å². The molecule has 0 spiro atoms. The summed E-state index contributed by atoms with van der Waals surface area (Å²) in [5.74, 6) is -0.743. The maximum Gasteiger partial charge on any atom is 0.256 e. The number of rotatable bonds is 6. The van der Waals surface area contributed by atoms with Gasteiger partial charge in [-0.3, -0.25) is 24.3 Å². The summed E-state index contributed by atoms with van der Waals surface area (Å²) in [6.45, 7) is 14.3. The third kappa shape index (κ3) is 4.23. The molecule has 5 rings (SSSR count). The monoisotopic (exact) mass is 539 g/mol. The molecule has 3 fully saturated rings. The molecular weight excluding hydrogens is 510 g/mol. The number of thiophene rings is 1. The van der Waals surface area contributed by atoms with Gasteiger partial charge in [0, 0.05) is 36.6 Å². The number of piperazine rings is 1. The average Bonchev–Trinajstić information content (AvgIpc) is 3.10. The molecule has 10 heteroatoms. The van der Waals surface area contributed by atoms with Gasteiger partial charge in [0.1, 0.15) is 5.15 Å². The van der Waals surface area contributed by atoms with Crippen LogP contribution in [0.1, 0.15) is 52.1 Å². The molecule has 0 aromatic carbocycles. The standard InChI is InChI=1S/C27H30ClN5O3S/c1-6-16(22-19(14(2)11-18(28)31-22)24(34)32-9-7-30-8-10-32)23-17(29-5)12-15(37-23)13-33-25(35)20-21(26(33)36)27(20,3)4/h6,11-12,20-21,30H,5,7-10,13H2,1-4H3/b16-6-. The van der Waals surface area contributed by atoms with E-state index in [0.717, 1.165) is 28.4 Å². The van der Waals surface area contributed by atoms with Crippen LogP contribution in [0.25, 0.3) is 5.57 Å². The van der Waals surface area contributed by atoms with E-state index in [1.807, 2.05) is 44.7 Å². The lowest BCUT2D eigenvalue weighted by molar-refractivity contribution is -0.143. The molecule has 4 heterocycles. The molecule has 0 bridgehead atoms. The number of pyridine rings is 1. The molecule has 1 aliphatic carbocycles. The number of allylic oxidation sites excluding steroid dienone is 1. The Morgan fingerprint density at radius 3 is 2.51 bits per heavy atom. The molecule has 2 aromatic rings. The fourth-order valence-electron chi connectivity index (χ4n) is 5.63. The molecule has 2 aliphatic heterocycles. The Kier molecular flexibility index (Phi) is 6.58. The molecule has 2 saturated heterocycles. The van der Waals surface area contributed by atoms with E-state index in [2.05, 4.69) is 22.0 Å². The number of nitrogens with zero attached hydrogens (tertiary/aromatic N) is 4. The normalized spacial score (nSPS) is 22.9. The molecule has 0 radical (unpaired) electrons. The number of hydrogen-bond acceptors (Lipinski definition) is 7. The number of piperidine rings is 1. The second-order valence-corrected chi connectivity index (χ2v) is 11.9. The number of likely N-dealkylation sites (tertiary alicyclic amines) is 1. The lowest BCUT2D eigenvalue weighted by Crippen LogP contribution is -2.46. The quantitative estimate of drug-likeness (QED) is 0.339. The number of amides is 3. The van der Waals surface area contributed by atoms with Crippen LogP contribution >= 0.6 is 22.9 Å². The van der Waals surface area contributed by atoms with Crippen molar-refractivity contribution in [1.82, 2.24) is 20.1 Å². The number of imide groups is 1. The van der Waals surface area contributed by atoms with Gasteiger partial charge in [0.05, 0.1) is 40.2 Å². The first-order valence-corrected chi connectivity index (χ1v) is 13.6. The van der Waals surface area contributed by atoms with Gasteiger partial charge < -0.3 is 10.2 Å². The van der Waals surface area contributed by atoms with Gasteiger partial charge in [-0.05, 0) is 43.7 Å². The second-order valence-electron chi connectivity index (χ2n) is 10.4. The van der Waals surface area contributed by atoms with Crippen molar-refractivity contribution in [1.29, 1.82) is 0 Å². The summed E-state index contributed by atoms with van der Waals surface area (Å²) in [5, 5.41) is 3.57. The molecule has 194 valence electrons. The Bertz CT molecular complexity index is 1330. The minimum atomic E-state index is -0.249. The van der Waals surface area contributed by atoms with Gasteiger partial charge in [0.25, 0.3) is 5.91 Å². The summed E-state index contributed by atoms with van der Waals surface area (Å²) in [7, 11) is 0. The van der Waals surface area contributed by atoms with Gasteiger partial charge in [-0.2, -0.15) is 0 Å². The van der Waals surface area contributed by atoms with Gasteiger partial charge in [0.15, 0.2) is 0 Å². The molecule has 3 aliphatic rings.